The molecule has 0 spiro atoms. The number of ether oxygens (including phenoxy) is 2. The number of hydrogen-bond donors (Lipinski definition) is 2. The zero-order valence-corrected chi connectivity index (χ0v) is 16.5. The molecule has 6 nitrogen and oxygen atoms in total. The number of aliphatic hydroxyl groups excluding tert-OH is 2. The first-order chi connectivity index (χ1) is 12.4. The summed E-state index contributed by atoms with van der Waals surface area (Å²) in [7, 11) is 3.80. The van der Waals surface area contributed by atoms with Crippen molar-refractivity contribution < 1.29 is 19.7 Å². The molecule has 144 valence electrons. The molecule has 0 bridgehead atoms. The smallest absolute Gasteiger partial charge is 0.161 e. The molecule has 2 N–H and O–H groups in total. The third-order valence-electron chi connectivity index (χ3n) is 4.88. The zero-order chi connectivity index (χ0) is 18.8. The van der Waals surface area contributed by atoms with E-state index in [1.54, 1.807) is 0 Å². The molecule has 0 unspecified atom stereocenters. The summed E-state index contributed by atoms with van der Waals surface area (Å²) in [4.78, 5) is 6.36. The van der Waals surface area contributed by atoms with Gasteiger partial charge in [0, 0.05) is 14.1 Å². The molecule has 0 aliphatic carbocycles. The predicted molar refractivity (Wildman–Crippen MR) is 103 cm³/mol. The van der Waals surface area contributed by atoms with Crippen LogP contribution in [0.3, 0.4) is 0 Å². The highest BCUT2D eigenvalue weighted by Gasteiger charge is 2.50. The SMILES string of the molecule is CCc1ccc(CO[C@@H](C)[C@H]2O[C@@H]3SC(N(C)C)=N[C@@H]3[C@@H](O)[C@@H]2O)cc1. The lowest BCUT2D eigenvalue weighted by Gasteiger charge is -2.40. The molecule has 0 saturated carbocycles. The number of benzene rings is 1. The topological polar surface area (TPSA) is 74.5 Å². The fraction of sp³-hybridized carbons (Fsp3) is 0.632. The Kier molecular flexibility index (Phi) is 6.25. The van der Waals surface area contributed by atoms with E-state index in [0.717, 1.165) is 17.2 Å². The van der Waals surface area contributed by atoms with E-state index < -0.39 is 24.4 Å². The monoisotopic (exact) mass is 380 g/mol. The van der Waals surface area contributed by atoms with Gasteiger partial charge in [-0.3, -0.25) is 4.99 Å². The lowest BCUT2D eigenvalue weighted by atomic mass is 9.95. The quantitative estimate of drug-likeness (QED) is 0.809. The van der Waals surface area contributed by atoms with E-state index in [0.29, 0.717) is 6.61 Å². The molecule has 1 aromatic carbocycles. The minimum Gasteiger partial charge on any atom is -0.388 e. The normalized spacial score (nSPS) is 32.1. The maximum atomic E-state index is 10.5. The number of aliphatic hydroxyl groups is 2. The van der Waals surface area contributed by atoms with E-state index in [2.05, 4.69) is 36.2 Å². The number of aryl methyl sites for hydroxylation is 1. The highest BCUT2D eigenvalue weighted by molar-refractivity contribution is 8.14. The van der Waals surface area contributed by atoms with Gasteiger partial charge in [0.25, 0.3) is 0 Å². The highest BCUT2D eigenvalue weighted by atomic mass is 32.2. The van der Waals surface area contributed by atoms with E-state index >= 15 is 0 Å². The molecule has 2 aliphatic rings. The lowest BCUT2D eigenvalue weighted by Crippen LogP contribution is -2.58. The van der Waals surface area contributed by atoms with Crippen molar-refractivity contribution in [2.75, 3.05) is 14.1 Å². The molecule has 0 amide bonds. The first-order valence-corrected chi connectivity index (χ1v) is 9.91. The molecule has 6 atom stereocenters. The molecule has 0 aromatic heterocycles. The molecule has 2 heterocycles. The van der Waals surface area contributed by atoms with Gasteiger partial charge in [-0.1, -0.05) is 43.0 Å². The molecule has 26 heavy (non-hydrogen) atoms. The molecule has 1 aromatic rings. The molecule has 1 saturated heterocycles. The van der Waals surface area contributed by atoms with E-state index in [9.17, 15) is 10.2 Å². The van der Waals surface area contributed by atoms with Crippen molar-refractivity contribution in [1.29, 1.82) is 0 Å². The van der Waals surface area contributed by atoms with Gasteiger partial charge >= 0.3 is 0 Å². The average molecular weight is 381 g/mol. The summed E-state index contributed by atoms with van der Waals surface area (Å²) in [5, 5.41) is 21.8. The Morgan fingerprint density at radius 2 is 1.85 bits per heavy atom. The second-order valence-corrected chi connectivity index (χ2v) is 8.12. The Balaban J connectivity index is 1.60. The van der Waals surface area contributed by atoms with Crippen LogP contribution in [-0.2, 0) is 22.5 Å². The van der Waals surface area contributed by atoms with Gasteiger partial charge in [-0.25, -0.2) is 0 Å². The van der Waals surface area contributed by atoms with Gasteiger partial charge < -0.3 is 24.6 Å². The van der Waals surface area contributed by atoms with Gasteiger partial charge in [-0.2, -0.15) is 0 Å². The highest BCUT2D eigenvalue weighted by Crippen LogP contribution is 2.38. The van der Waals surface area contributed by atoms with Crippen LogP contribution < -0.4 is 0 Å². The van der Waals surface area contributed by atoms with Crippen molar-refractivity contribution in [1.82, 2.24) is 4.90 Å². The van der Waals surface area contributed by atoms with Crippen LogP contribution in [0.1, 0.15) is 25.0 Å². The van der Waals surface area contributed by atoms with Crippen molar-refractivity contribution in [2.45, 2.75) is 62.8 Å². The van der Waals surface area contributed by atoms with Crippen LogP contribution in [0.5, 0.6) is 0 Å². The van der Waals surface area contributed by atoms with Gasteiger partial charge in [0.2, 0.25) is 0 Å². The third-order valence-corrected chi connectivity index (χ3v) is 6.18. The average Bonchev–Trinajstić information content (AvgIpc) is 3.08. The van der Waals surface area contributed by atoms with Crippen LogP contribution in [0, 0.1) is 0 Å². The summed E-state index contributed by atoms with van der Waals surface area (Å²) in [5.74, 6) is 0. The number of aliphatic imine (C=N–C) groups is 1. The largest absolute Gasteiger partial charge is 0.388 e. The van der Waals surface area contributed by atoms with Crippen LogP contribution >= 0.6 is 11.8 Å². The molecule has 3 rings (SSSR count). The number of fused-ring (bicyclic) bond motifs is 1. The third kappa shape index (κ3) is 4.07. The Labute approximate surface area is 159 Å². The fourth-order valence-electron chi connectivity index (χ4n) is 3.17. The van der Waals surface area contributed by atoms with Crippen LogP contribution in [0.25, 0.3) is 0 Å². The van der Waals surface area contributed by atoms with Crippen LogP contribution in [0.2, 0.25) is 0 Å². The van der Waals surface area contributed by atoms with E-state index in [1.165, 1.54) is 17.3 Å². The Bertz CT molecular complexity index is 637. The van der Waals surface area contributed by atoms with Crippen LogP contribution in [0.4, 0.5) is 0 Å². The Morgan fingerprint density at radius 3 is 2.46 bits per heavy atom. The number of hydrogen-bond acceptors (Lipinski definition) is 7. The summed E-state index contributed by atoms with van der Waals surface area (Å²) in [6.45, 7) is 4.43. The standard InChI is InChI=1S/C19H28N2O4S/c1-5-12-6-8-13(9-7-12)10-24-11(2)17-16(23)15(22)14-18(25-17)26-19(20-14)21(3)4/h6-9,11,14-18,22-23H,5,10H2,1-4H3/t11-,14+,15+,16-,17+,18+/m0/s1. The Hall–Kier alpha value is -1.12. The summed E-state index contributed by atoms with van der Waals surface area (Å²) >= 11 is 1.48. The maximum absolute atomic E-state index is 10.5. The van der Waals surface area contributed by atoms with E-state index in [1.807, 2.05) is 25.9 Å². The van der Waals surface area contributed by atoms with E-state index in [4.69, 9.17) is 9.47 Å². The summed E-state index contributed by atoms with van der Waals surface area (Å²) < 4.78 is 12.0. The second kappa shape index (κ2) is 8.27. The van der Waals surface area contributed by atoms with Gasteiger partial charge in [0.05, 0.1) is 12.7 Å². The van der Waals surface area contributed by atoms with Crippen molar-refractivity contribution in [3.63, 3.8) is 0 Å². The van der Waals surface area contributed by atoms with Gasteiger partial charge in [-0.15, -0.1) is 0 Å². The predicted octanol–water partition coefficient (Wildman–Crippen LogP) is 1.63. The summed E-state index contributed by atoms with van der Waals surface area (Å²) in [5.41, 5.74) is 2.06. The number of amidine groups is 1. The van der Waals surface area contributed by atoms with Crippen molar-refractivity contribution in [2.24, 2.45) is 4.99 Å². The minimum absolute atomic E-state index is 0.300. The summed E-state index contributed by atoms with van der Waals surface area (Å²) in [6, 6.07) is 7.85. The first-order valence-electron chi connectivity index (χ1n) is 9.03. The molecule has 1 fully saturated rings. The van der Waals surface area contributed by atoms with E-state index in [-0.39, 0.29) is 11.5 Å². The minimum atomic E-state index is -1.03. The van der Waals surface area contributed by atoms with Gasteiger partial charge in [0.15, 0.2) is 5.17 Å². The molecular formula is C19H28N2O4S. The fourth-order valence-corrected chi connectivity index (χ4v) is 4.32. The van der Waals surface area contributed by atoms with Crippen LogP contribution in [-0.4, -0.2) is 70.3 Å². The van der Waals surface area contributed by atoms with Gasteiger partial charge in [0.1, 0.15) is 29.8 Å². The first kappa shape index (κ1) is 19.6. The van der Waals surface area contributed by atoms with Gasteiger partial charge in [-0.05, 0) is 24.5 Å². The van der Waals surface area contributed by atoms with Crippen molar-refractivity contribution in [3.05, 3.63) is 35.4 Å². The zero-order valence-electron chi connectivity index (χ0n) is 15.7. The number of nitrogens with zero attached hydrogens (tertiary/aromatic N) is 2. The summed E-state index contributed by atoms with van der Waals surface area (Å²) in [6.07, 6.45) is -1.92. The molecule has 2 aliphatic heterocycles. The molecule has 0 radical (unpaired) electrons. The molecule has 7 heteroatoms. The second-order valence-electron chi connectivity index (χ2n) is 7.05. The maximum Gasteiger partial charge on any atom is 0.161 e. The van der Waals surface area contributed by atoms with Crippen molar-refractivity contribution >= 4 is 16.9 Å². The number of thioether (sulfide) groups is 1. The molecular weight excluding hydrogens is 352 g/mol. The lowest BCUT2D eigenvalue weighted by molar-refractivity contribution is -0.193. The Morgan fingerprint density at radius 1 is 1.19 bits per heavy atom. The van der Waals surface area contributed by atoms with Crippen LogP contribution in [0.15, 0.2) is 29.3 Å². The van der Waals surface area contributed by atoms with Crippen molar-refractivity contribution in [3.8, 4) is 0 Å². The number of rotatable bonds is 5.